The summed E-state index contributed by atoms with van der Waals surface area (Å²) >= 11 is 0. The van der Waals surface area contributed by atoms with Gasteiger partial charge in [0.05, 0.1) is 16.6 Å². The predicted octanol–water partition coefficient (Wildman–Crippen LogP) is 6.74. The molecule has 0 aliphatic heterocycles. The van der Waals surface area contributed by atoms with Gasteiger partial charge < -0.3 is 15.0 Å². The summed E-state index contributed by atoms with van der Waals surface area (Å²) in [6, 6.07) is 21.3. The van der Waals surface area contributed by atoms with Crippen LogP contribution < -0.4 is 5.32 Å². The molecule has 1 aromatic heterocycles. The van der Waals surface area contributed by atoms with Gasteiger partial charge in [-0.25, -0.2) is 9.78 Å². The van der Waals surface area contributed by atoms with Gasteiger partial charge in [-0.15, -0.1) is 0 Å². The normalized spacial score (nSPS) is 14.2. The number of amides is 1. The molecule has 1 fully saturated rings. The largest absolute Gasteiger partial charge is 0.478 e. The van der Waals surface area contributed by atoms with Crippen molar-refractivity contribution >= 4 is 22.9 Å². The Labute approximate surface area is 217 Å². The first kappa shape index (κ1) is 24.8. The van der Waals surface area contributed by atoms with E-state index < -0.39 is 5.97 Å². The number of nitrogens with zero attached hydrogens (tertiary/aromatic N) is 2. The molecule has 6 nitrogen and oxygen atoms in total. The lowest BCUT2D eigenvalue weighted by Crippen LogP contribution is -2.23. The Hall–Kier alpha value is -3.93. The van der Waals surface area contributed by atoms with Crippen molar-refractivity contribution in [1.82, 2.24) is 14.9 Å². The van der Waals surface area contributed by atoms with Crippen LogP contribution in [0.1, 0.15) is 84.3 Å². The van der Waals surface area contributed by atoms with E-state index in [0.717, 1.165) is 48.2 Å². The monoisotopic (exact) mass is 495 g/mol. The molecule has 2 N–H and O–H groups in total. The maximum absolute atomic E-state index is 13.1. The Bertz CT molecular complexity index is 1460. The summed E-state index contributed by atoms with van der Waals surface area (Å²) in [7, 11) is 0. The lowest BCUT2D eigenvalue weighted by atomic mass is 9.87. The topological polar surface area (TPSA) is 84.2 Å². The number of hydrogen-bond acceptors (Lipinski definition) is 3. The number of imidazole rings is 1. The van der Waals surface area contributed by atoms with Gasteiger partial charge in [0.1, 0.15) is 5.82 Å². The zero-order chi connectivity index (χ0) is 26.2. The molecule has 3 aromatic carbocycles. The molecule has 0 bridgehead atoms. The van der Waals surface area contributed by atoms with Gasteiger partial charge in [-0.05, 0) is 59.7 Å². The summed E-state index contributed by atoms with van der Waals surface area (Å²) in [6.45, 7) is 7.00. The molecule has 0 atom stereocenters. The molecule has 1 aliphatic carbocycles. The van der Waals surface area contributed by atoms with E-state index in [9.17, 15) is 14.7 Å². The van der Waals surface area contributed by atoms with E-state index in [2.05, 4.69) is 54.9 Å². The van der Waals surface area contributed by atoms with Gasteiger partial charge in [-0.3, -0.25) is 4.79 Å². The van der Waals surface area contributed by atoms with Gasteiger partial charge in [0.25, 0.3) is 5.91 Å². The molecule has 1 heterocycles. The number of nitrogens with one attached hydrogen (secondary N) is 1. The van der Waals surface area contributed by atoms with Crippen molar-refractivity contribution in [3.63, 3.8) is 0 Å². The van der Waals surface area contributed by atoms with Crippen LogP contribution in [0.25, 0.3) is 22.4 Å². The highest BCUT2D eigenvalue weighted by Crippen LogP contribution is 2.37. The summed E-state index contributed by atoms with van der Waals surface area (Å²) in [5.41, 5.74) is 5.63. The molecular weight excluding hydrogens is 462 g/mol. The fourth-order valence-electron chi connectivity index (χ4n) is 5.17. The lowest BCUT2D eigenvalue weighted by molar-refractivity contribution is 0.0696. The third-order valence-corrected chi connectivity index (χ3v) is 7.28. The number of carbonyl (C=O) groups is 2. The molecule has 4 aromatic rings. The Balaban J connectivity index is 1.42. The van der Waals surface area contributed by atoms with E-state index >= 15 is 0 Å². The Morgan fingerprint density at radius 3 is 2.38 bits per heavy atom. The van der Waals surface area contributed by atoms with Gasteiger partial charge >= 0.3 is 5.97 Å². The smallest absolute Gasteiger partial charge is 0.335 e. The molecule has 37 heavy (non-hydrogen) atoms. The zero-order valence-corrected chi connectivity index (χ0v) is 21.6. The quantitative estimate of drug-likeness (QED) is 0.310. The van der Waals surface area contributed by atoms with Crippen molar-refractivity contribution in [2.75, 3.05) is 0 Å². The van der Waals surface area contributed by atoms with Gasteiger partial charge in [0.15, 0.2) is 0 Å². The minimum absolute atomic E-state index is 0.0897. The number of aromatic carboxylic acids is 1. The van der Waals surface area contributed by atoms with E-state index in [1.165, 1.54) is 5.56 Å². The van der Waals surface area contributed by atoms with Crippen LogP contribution in [-0.4, -0.2) is 26.5 Å². The van der Waals surface area contributed by atoms with Crippen LogP contribution in [0.2, 0.25) is 0 Å². The molecule has 1 aliphatic rings. The lowest BCUT2D eigenvalue weighted by Gasteiger charge is -2.19. The minimum atomic E-state index is -0.967. The van der Waals surface area contributed by atoms with E-state index in [0.29, 0.717) is 23.7 Å². The van der Waals surface area contributed by atoms with Crippen molar-refractivity contribution < 1.29 is 14.7 Å². The number of hydrogen-bond donors (Lipinski definition) is 2. The van der Waals surface area contributed by atoms with Crippen LogP contribution in [0.3, 0.4) is 0 Å². The summed E-state index contributed by atoms with van der Waals surface area (Å²) < 4.78 is 2.24. The Morgan fingerprint density at radius 2 is 1.70 bits per heavy atom. The van der Waals surface area contributed by atoms with Crippen LogP contribution in [0.15, 0.2) is 66.7 Å². The number of fused-ring (bicyclic) bond motifs is 1. The second-order valence-corrected chi connectivity index (χ2v) is 11.0. The average molecular weight is 496 g/mol. The van der Waals surface area contributed by atoms with Crippen molar-refractivity contribution in [1.29, 1.82) is 0 Å². The van der Waals surface area contributed by atoms with Crippen LogP contribution in [0.5, 0.6) is 0 Å². The summed E-state index contributed by atoms with van der Waals surface area (Å²) in [6.07, 6.45) is 4.45. The third kappa shape index (κ3) is 5.15. The average Bonchev–Trinajstić information content (AvgIpc) is 3.54. The van der Waals surface area contributed by atoms with Gasteiger partial charge in [0, 0.05) is 23.7 Å². The van der Waals surface area contributed by atoms with E-state index in [1.54, 1.807) is 12.1 Å². The van der Waals surface area contributed by atoms with Gasteiger partial charge in [-0.2, -0.15) is 0 Å². The van der Waals surface area contributed by atoms with Gasteiger partial charge in [-0.1, -0.05) is 70.0 Å². The van der Waals surface area contributed by atoms with Crippen LogP contribution in [0, 0.1) is 0 Å². The third-order valence-electron chi connectivity index (χ3n) is 7.28. The second-order valence-electron chi connectivity index (χ2n) is 11.0. The SMILES string of the molecule is CC(C)(C)c1ccc(CNC(=O)c2cccc(-c3nc4cc(C(=O)O)ccc4n3C3CCCC3)c2)cc1. The highest BCUT2D eigenvalue weighted by Gasteiger charge is 2.24. The molecule has 1 saturated carbocycles. The zero-order valence-electron chi connectivity index (χ0n) is 21.6. The van der Waals surface area contributed by atoms with E-state index in [-0.39, 0.29) is 16.9 Å². The van der Waals surface area contributed by atoms with E-state index in [4.69, 9.17) is 4.98 Å². The summed E-state index contributed by atoms with van der Waals surface area (Å²) in [4.78, 5) is 29.4. The van der Waals surface area contributed by atoms with Crippen molar-refractivity contribution in [2.24, 2.45) is 0 Å². The standard InChI is InChI=1S/C31H33N3O3/c1-31(2,3)24-14-11-20(12-15-24)19-32-29(35)22-8-6-7-21(17-22)28-33-26-18-23(30(36)37)13-16-27(26)34(28)25-9-4-5-10-25/h6-8,11-18,25H,4-5,9-10,19H2,1-3H3,(H,32,35)(H,36,37). The molecule has 0 unspecified atom stereocenters. The number of carbonyl (C=O) groups excluding carboxylic acids is 1. The maximum Gasteiger partial charge on any atom is 0.335 e. The molecule has 0 spiro atoms. The van der Waals surface area contributed by atoms with Gasteiger partial charge in [0.2, 0.25) is 0 Å². The fraction of sp³-hybridized carbons (Fsp3) is 0.323. The fourth-order valence-corrected chi connectivity index (χ4v) is 5.17. The molecule has 0 radical (unpaired) electrons. The minimum Gasteiger partial charge on any atom is -0.478 e. The second kappa shape index (κ2) is 9.85. The number of aromatic nitrogens is 2. The van der Waals surface area contributed by atoms with E-state index in [1.807, 2.05) is 30.3 Å². The molecule has 1 amide bonds. The van der Waals surface area contributed by atoms with Crippen LogP contribution in [-0.2, 0) is 12.0 Å². The van der Waals surface area contributed by atoms with Crippen LogP contribution >= 0.6 is 0 Å². The number of rotatable bonds is 6. The number of carboxylic acid groups (broad SMARTS) is 1. The Morgan fingerprint density at radius 1 is 0.973 bits per heavy atom. The van der Waals surface area contributed by atoms with Crippen molar-refractivity contribution in [2.45, 2.75) is 64.5 Å². The number of benzene rings is 3. The van der Waals surface area contributed by atoms with Crippen molar-refractivity contribution in [3.05, 3.63) is 89.0 Å². The number of carboxylic acids is 1. The maximum atomic E-state index is 13.1. The first-order valence-corrected chi connectivity index (χ1v) is 12.9. The highest BCUT2D eigenvalue weighted by atomic mass is 16.4. The first-order chi connectivity index (χ1) is 17.7. The Kier molecular flexibility index (Phi) is 6.59. The predicted molar refractivity (Wildman–Crippen MR) is 146 cm³/mol. The molecule has 5 rings (SSSR count). The first-order valence-electron chi connectivity index (χ1n) is 12.9. The molecule has 0 saturated heterocycles. The molecule has 6 heteroatoms. The van der Waals surface area contributed by atoms with Crippen LogP contribution in [0.4, 0.5) is 0 Å². The highest BCUT2D eigenvalue weighted by molar-refractivity contribution is 5.96. The van der Waals surface area contributed by atoms with Crippen molar-refractivity contribution in [3.8, 4) is 11.4 Å². The molecule has 190 valence electrons. The summed E-state index contributed by atoms with van der Waals surface area (Å²) in [5.74, 6) is -0.333. The summed E-state index contributed by atoms with van der Waals surface area (Å²) in [5, 5.41) is 12.5. The molecular formula is C31H33N3O3.